The van der Waals surface area contributed by atoms with Crippen molar-refractivity contribution in [2.45, 2.75) is 20.3 Å². The van der Waals surface area contributed by atoms with Crippen molar-refractivity contribution in [1.29, 1.82) is 0 Å². The van der Waals surface area contributed by atoms with Gasteiger partial charge in [-0.2, -0.15) is 0 Å². The first-order valence-electron chi connectivity index (χ1n) is 6.92. The molecule has 0 unspecified atom stereocenters. The minimum atomic E-state index is -0.481. The van der Waals surface area contributed by atoms with Gasteiger partial charge in [-0.25, -0.2) is 4.79 Å². The van der Waals surface area contributed by atoms with E-state index in [2.05, 4.69) is 15.4 Å². The summed E-state index contributed by atoms with van der Waals surface area (Å²) in [7, 11) is 1.31. The van der Waals surface area contributed by atoms with Gasteiger partial charge in [-0.15, -0.1) is 0 Å². The highest BCUT2D eigenvalue weighted by Gasteiger charge is 2.10. The van der Waals surface area contributed by atoms with Gasteiger partial charge in [0.2, 0.25) is 5.91 Å². The number of hydrogen-bond acceptors (Lipinski definition) is 5. The van der Waals surface area contributed by atoms with E-state index in [1.54, 1.807) is 18.2 Å². The maximum absolute atomic E-state index is 11.6. The van der Waals surface area contributed by atoms with Gasteiger partial charge in [0.15, 0.2) is 0 Å². The van der Waals surface area contributed by atoms with Gasteiger partial charge in [0.05, 0.1) is 12.7 Å². The lowest BCUT2D eigenvalue weighted by molar-refractivity contribution is -0.120. The number of ether oxygens (including phenoxy) is 1. The van der Waals surface area contributed by atoms with E-state index in [0.717, 1.165) is 5.69 Å². The summed E-state index contributed by atoms with van der Waals surface area (Å²) in [6.45, 7) is 5.24. The Morgan fingerprint density at radius 3 is 2.67 bits per heavy atom. The maximum atomic E-state index is 11.6. The third kappa shape index (κ3) is 5.72. The van der Waals surface area contributed by atoms with Gasteiger partial charge in [0.25, 0.3) is 0 Å². The van der Waals surface area contributed by atoms with E-state index >= 15 is 0 Å². The third-order valence-electron chi connectivity index (χ3n) is 2.85. The molecule has 6 nitrogen and oxygen atoms in total. The standard InChI is InChI=1S/C15H23N3O3/c1-10(2)9-18-14(19)6-7-17-11-4-5-13(16)12(8-11)15(20)21-3/h4-5,8,10,17H,6-7,9,16H2,1-3H3,(H,18,19). The minimum absolute atomic E-state index is 0.000151. The van der Waals surface area contributed by atoms with E-state index in [4.69, 9.17) is 5.73 Å². The van der Waals surface area contributed by atoms with Gasteiger partial charge >= 0.3 is 5.97 Å². The normalized spacial score (nSPS) is 10.3. The van der Waals surface area contributed by atoms with Crippen molar-refractivity contribution < 1.29 is 14.3 Å². The number of methoxy groups -OCH3 is 1. The van der Waals surface area contributed by atoms with Crippen LogP contribution in [0.1, 0.15) is 30.6 Å². The van der Waals surface area contributed by atoms with Crippen LogP contribution in [-0.2, 0) is 9.53 Å². The molecule has 0 heterocycles. The number of nitrogen functional groups attached to an aromatic ring is 1. The van der Waals surface area contributed by atoms with Crippen LogP contribution in [0.5, 0.6) is 0 Å². The average molecular weight is 293 g/mol. The Bertz CT molecular complexity index is 501. The smallest absolute Gasteiger partial charge is 0.340 e. The number of nitrogens with one attached hydrogen (secondary N) is 2. The second kappa shape index (κ2) is 8.14. The van der Waals surface area contributed by atoms with E-state index in [0.29, 0.717) is 36.7 Å². The molecule has 1 amide bonds. The molecule has 0 bridgehead atoms. The van der Waals surface area contributed by atoms with E-state index in [9.17, 15) is 9.59 Å². The fraction of sp³-hybridized carbons (Fsp3) is 0.467. The summed E-state index contributed by atoms with van der Waals surface area (Å²) in [5.74, 6) is -0.0488. The molecular weight excluding hydrogens is 270 g/mol. The number of rotatable bonds is 7. The number of esters is 1. The lowest BCUT2D eigenvalue weighted by Crippen LogP contribution is -2.28. The van der Waals surface area contributed by atoms with Crippen molar-refractivity contribution in [3.05, 3.63) is 23.8 Å². The van der Waals surface area contributed by atoms with Gasteiger partial charge < -0.3 is 21.1 Å². The molecule has 4 N–H and O–H groups in total. The van der Waals surface area contributed by atoms with Crippen LogP contribution in [0.15, 0.2) is 18.2 Å². The summed E-state index contributed by atoms with van der Waals surface area (Å²) in [4.78, 5) is 23.1. The Labute approximate surface area is 125 Å². The van der Waals surface area contributed by atoms with Crippen molar-refractivity contribution in [2.24, 2.45) is 5.92 Å². The lowest BCUT2D eigenvalue weighted by atomic mass is 10.1. The number of hydrogen-bond donors (Lipinski definition) is 3. The molecule has 0 aliphatic carbocycles. The first kappa shape index (κ1) is 16.8. The Morgan fingerprint density at radius 1 is 1.33 bits per heavy atom. The highest BCUT2D eigenvalue weighted by molar-refractivity contribution is 5.96. The molecule has 0 aromatic heterocycles. The van der Waals surface area contributed by atoms with Crippen LogP contribution < -0.4 is 16.4 Å². The average Bonchev–Trinajstić information content (AvgIpc) is 2.46. The van der Waals surface area contributed by atoms with E-state index in [1.807, 2.05) is 13.8 Å². The molecule has 0 atom stereocenters. The van der Waals surface area contributed by atoms with Crippen LogP contribution >= 0.6 is 0 Å². The monoisotopic (exact) mass is 293 g/mol. The Balaban J connectivity index is 2.49. The van der Waals surface area contributed by atoms with Crippen molar-refractivity contribution in [3.8, 4) is 0 Å². The fourth-order valence-electron chi connectivity index (χ4n) is 1.68. The molecule has 1 aromatic carbocycles. The Hall–Kier alpha value is -2.24. The summed E-state index contributed by atoms with van der Waals surface area (Å²) in [5, 5.41) is 5.93. The summed E-state index contributed by atoms with van der Waals surface area (Å²) in [6, 6.07) is 5.01. The van der Waals surface area contributed by atoms with Crippen LogP contribution in [-0.4, -0.2) is 32.1 Å². The van der Waals surface area contributed by atoms with Crippen LogP contribution in [0, 0.1) is 5.92 Å². The van der Waals surface area contributed by atoms with E-state index in [-0.39, 0.29) is 5.91 Å². The Morgan fingerprint density at radius 2 is 2.05 bits per heavy atom. The van der Waals surface area contributed by atoms with Crippen LogP contribution in [0.4, 0.5) is 11.4 Å². The highest BCUT2D eigenvalue weighted by Crippen LogP contribution is 2.18. The number of amides is 1. The SMILES string of the molecule is COC(=O)c1cc(NCCC(=O)NCC(C)C)ccc1N. The second-order valence-corrected chi connectivity index (χ2v) is 5.17. The number of nitrogens with two attached hydrogens (primary N) is 1. The van der Waals surface area contributed by atoms with Gasteiger partial charge in [-0.3, -0.25) is 4.79 Å². The van der Waals surface area contributed by atoms with E-state index < -0.39 is 5.97 Å². The zero-order valence-corrected chi connectivity index (χ0v) is 12.7. The van der Waals surface area contributed by atoms with Crippen LogP contribution in [0.3, 0.4) is 0 Å². The molecule has 1 rings (SSSR count). The van der Waals surface area contributed by atoms with Crippen molar-refractivity contribution in [1.82, 2.24) is 5.32 Å². The summed E-state index contributed by atoms with van der Waals surface area (Å²) < 4.78 is 4.66. The van der Waals surface area contributed by atoms with Crippen molar-refractivity contribution in [2.75, 3.05) is 31.2 Å². The maximum Gasteiger partial charge on any atom is 0.340 e. The van der Waals surface area contributed by atoms with Gasteiger partial charge in [0, 0.05) is 30.9 Å². The molecule has 0 fully saturated rings. The number of anilines is 2. The molecular formula is C15H23N3O3. The highest BCUT2D eigenvalue weighted by atomic mass is 16.5. The fourth-order valence-corrected chi connectivity index (χ4v) is 1.68. The molecule has 0 aliphatic rings. The molecule has 0 aliphatic heterocycles. The molecule has 1 aromatic rings. The largest absolute Gasteiger partial charge is 0.465 e. The molecule has 116 valence electrons. The zero-order chi connectivity index (χ0) is 15.8. The molecule has 21 heavy (non-hydrogen) atoms. The van der Waals surface area contributed by atoms with Crippen molar-refractivity contribution >= 4 is 23.3 Å². The van der Waals surface area contributed by atoms with Crippen LogP contribution in [0.2, 0.25) is 0 Å². The number of carbonyl (C=O) groups excluding carboxylic acids is 2. The third-order valence-corrected chi connectivity index (χ3v) is 2.85. The van der Waals surface area contributed by atoms with Crippen LogP contribution in [0.25, 0.3) is 0 Å². The lowest BCUT2D eigenvalue weighted by Gasteiger charge is -2.10. The molecule has 0 saturated heterocycles. The first-order chi connectivity index (χ1) is 9.93. The van der Waals surface area contributed by atoms with E-state index in [1.165, 1.54) is 7.11 Å². The summed E-state index contributed by atoms with van der Waals surface area (Å²) in [6.07, 6.45) is 0.366. The predicted molar refractivity (Wildman–Crippen MR) is 83.1 cm³/mol. The van der Waals surface area contributed by atoms with Gasteiger partial charge in [-0.05, 0) is 24.1 Å². The predicted octanol–water partition coefficient (Wildman–Crippen LogP) is 1.63. The summed E-state index contributed by atoms with van der Waals surface area (Å²) in [5.41, 5.74) is 7.12. The topological polar surface area (TPSA) is 93.4 Å². The minimum Gasteiger partial charge on any atom is -0.465 e. The summed E-state index contributed by atoms with van der Waals surface area (Å²) >= 11 is 0. The number of carbonyl (C=O) groups is 2. The quantitative estimate of drug-likeness (QED) is 0.525. The molecule has 0 radical (unpaired) electrons. The molecule has 6 heteroatoms. The van der Waals surface area contributed by atoms with Crippen molar-refractivity contribution in [3.63, 3.8) is 0 Å². The molecule has 0 saturated carbocycles. The number of benzene rings is 1. The second-order valence-electron chi connectivity index (χ2n) is 5.17. The molecule has 0 spiro atoms. The zero-order valence-electron chi connectivity index (χ0n) is 12.7. The first-order valence-corrected chi connectivity index (χ1v) is 6.92. The van der Waals surface area contributed by atoms with Gasteiger partial charge in [-0.1, -0.05) is 13.8 Å². The van der Waals surface area contributed by atoms with Gasteiger partial charge in [0.1, 0.15) is 0 Å². The Kier molecular flexibility index (Phi) is 6.52.